The highest BCUT2D eigenvalue weighted by Gasteiger charge is 2.32. The Labute approximate surface area is 159 Å². The number of rotatable bonds is 2. The molecule has 4 rings (SSSR count). The Morgan fingerprint density at radius 2 is 2.07 bits per heavy atom. The lowest BCUT2D eigenvalue weighted by Crippen LogP contribution is -2.33. The first-order valence-corrected chi connectivity index (χ1v) is 8.83. The minimum absolute atomic E-state index is 0.0476. The van der Waals surface area contributed by atoms with Crippen molar-refractivity contribution in [3.05, 3.63) is 54.0 Å². The van der Waals surface area contributed by atoms with Crippen molar-refractivity contribution in [3.8, 4) is 0 Å². The zero-order valence-electron chi connectivity index (χ0n) is 15.1. The number of anilines is 1. The van der Waals surface area contributed by atoms with Crippen molar-refractivity contribution in [2.45, 2.75) is 18.5 Å². The van der Waals surface area contributed by atoms with Gasteiger partial charge in [0.1, 0.15) is 11.3 Å². The maximum absolute atomic E-state index is 12.8. The molecule has 1 N–H and O–H groups in total. The number of imidazole rings is 1. The SMILES string of the molecule is Cn1c([C@H]2CCN(C(=O)Nc3cccc(C(F)(F)F)c3)C2)nc2cccnc21. The molecule has 0 bridgehead atoms. The fourth-order valence-electron chi connectivity index (χ4n) is 3.54. The molecular weight excluding hydrogens is 371 g/mol. The van der Waals surface area contributed by atoms with Gasteiger partial charge in [-0.1, -0.05) is 6.07 Å². The molecule has 1 atom stereocenters. The van der Waals surface area contributed by atoms with Gasteiger partial charge < -0.3 is 14.8 Å². The molecule has 6 nitrogen and oxygen atoms in total. The molecule has 1 fully saturated rings. The van der Waals surface area contributed by atoms with Crippen LogP contribution >= 0.6 is 0 Å². The summed E-state index contributed by atoms with van der Waals surface area (Å²) in [6, 6.07) is 7.92. The predicted molar refractivity (Wildman–Crippen MR) is 97.9 cm³/mol. The molecule has 9 heteroatoms. The Bertz CT molecular complexity index is 1030. The van der Waals surface area contributed by atoms with Crippen LogP contribution in [0.25, 0.3) is 11.2 Å². The lowest BCUT2D eigenvalue weighted by molar-refractivity contribution is -0.137. The molecular formula is C19H18F3N5O. The second-order valence-corrected chi connectivity index (χ2v) is 6.82. The van der Waals surface area contributed by atoms with E-state index in [2.05, 4.69) is 15.3 Å². The van der Waals surface area contributed by atoms with Crippen molar-refractivity contribution >= 4 is 22.9 Å². The van der Waals surface area contributed by atoms with Crippen LogP contribution in [0.15, 0.2) is 42.6 Å². The summed E-state index contributed by atoms with van der Waals surface area (Å²) in [6.07, 6.45) is -2.02. The number of halogens is 3. The van der Waals surface area contributed by atoms with Crippen LogP contribution in [0.5, 0.6) is 0 Å². The maximum atomic E-state index is 12.8. The van der Waals surface area contributed by atoms with Gasteiger partial charge in [-0.3, -0.25) is 0 Å². The van der Waals surface area contributed by atoms with Crippen LogP contribution in [0.3, 0.4) is 0 Å². The lowest BCUT2D eigenvalue weighted by Gasteiger charge is -2.18. The number of alkyl halides is 3. The van der Waals surface area contributed by atoms with Crippen molar-refractivity contribution in [2.75, 3.05) is 18.4 Å². The summed E-state index contributed by atoms with van der Waals surface area (Å²) >= 11 is 0. The number of nitrogens with one attached hydrogen (secondary N) is 1. The van der Waals surface area contributed by atoms with Crippen LogP contribution in [0.2, 0.25) is 0 Å². The zero-order chi connectivity index (χ0) is 19.9. The average Bonchev–Trinajstić information content (AvgIpc) is 3.27. The third kappa shape index (κ3) is 3.39. The van der Waals surface area contributed by atoms with E-state index in [4.69, 9.17) is 0 Å². The van der Waals surface area contributed by atoms with Gasteiger partial charge in [-0.2, -0.15) is 13.2 Å². The van der Waals surface area contributed by atoms with Crippen molar-refractivity contribution < 1.29 is 18.0 Å². The number of aromatic nitrogens is 3. The van der Waals surface area contributed by atoms with Crippen molar-refractivity contribution in [1.82, 2.24) is 19.4 Å². The van der Waals surface area contributed by atoms with E-state index in [0.29, 0.717) is 13.1 Å². The molecule has 1 aliphatic heterocycles. The number of benzene rings is 1. The summed E-state index contributed by atoms with van der Waals surface area (Å²) in [5.41, 5.74) is 0.906. The van der Waals surface area contributed by atoms with E-state index in [1.54, 1.807) is 11.1 Å². The van der Waals surface area contributed by atoms with Gasteiger partial charge >= 0.3 is 12.2 Å². The number of fused-ring (bicyclic) bond motifs is 1. The highest BCUT2D eigenvalue weighted by atomic mass is 19.4. The van der Waals surface area contributed by atoms with E-state index in [1.165, 1.54) is 12.1 Å². The number of hydrogen-bond donors (Lipinski definition) is 1. The van der Waals surface area contributed by atoms with Crippen LogP contribution in [0, 0.1) is 0 Å². The topological polar surface area (TPSA) is 63.1 Å². The molecule has 146 valence electrons. The molecule has 0 radical (unpaired) electrons. The van der Waals surface area contributed by atoms with Gasteiger partial charge in [0.25, 0.3) is 0 Å². The Morgan fingerprint density at radius 1 is 1.25 bits per heavy atom. The molecule has 2 amide bonds. The standard InChI is InChI=1S/C19H18F3N5O/c1-26-16(25-15-6-3-8-23-17(15)26)12-7-9-27(11-12)18(28)24-14-5-2-4-13(10-14)19(20,21)22/h2-6,8,10,12H,7,9,11H2,1H3,(H,24,28)/t12-/m0/s1. The molecule has 1 saturated heterocycles. The molecule has 3 heterocycles. The molecule has 0 saturated carbocycles. The monoisotopic (exact) mass is 389 g/mol. The third-order valence-corrected chi connectivity index (χ3v) is 4.94. The Kier molecular flexibility index (Phi) is 4.44. The normalized spacial score (nSPS) is 17.3. The summed E-state index contributed by atoms with van der Waals surface area (Å²) in [5.74, 6) is 0.898. The second-order valence-electron chi connectivity index (χ2n) is 6.82. The highest BCUT2D eigenvalue weighted by molar-refractivity contribution is 5.89. The molecule has 0 aliphatic carbocycles. The van der Waals surface area contributed by atoms with Crippen LogP contribution in [-0.2, 0) is 13.2 Å². The average molecular weight is 389 g/mol. The van der Waals surface area contributed by atoms with Gasteiger partial charge in [-0.15, -0.1) is 0 Å². The maximum Gasteiger partial charge on any atom is 0.416 e. The fraction of sp³-hybridized carbons (Fsp3) is 0.316. The number of hydrogen-bond acceptors (Lipinski definition) is 3. The van der Waals surface area contributed by atoms with Gasteiger partial charge in [-0.05, 0) is 36.8 Å². The van der Waals surface area contributed by atoms with Crippen LogP contribution < -0.4 is 5.32 Å². The van der Waals surface area contributed by atoms with Gasteiger partial charge in [-0.25, -0.2) is 14.8 Å². The molecule has 28 heavy (non-hydrogen) atoms. The number of carbonyl (C=O) groups excluding carboxylic acids is 1. The Balaban J connectivity index is 1.47. The molecule has 0 spiro atoms. The summed E-state index contributed by atoms with van der Waals surface area (Å²) < 4.78 is 40.4. The predicted octanol–water partition coefficient (Wildman–Crippen LogP) is 4.01. The first-order valence-electron chi connectivity index (χ1n) is 8.83. The quantitative estimate of drug-likeness (QED) is 0.720. The molecule has 2 aromatic heterocycles. The number of likely N-dealkylation sites (tertiary alicyclic amines) is 1. The molecule has 1 aromatic carbocycles. The fourth-order valence-corrected chi connectivity index (χ4v) is 3.54. The smallest absolute Gasteiger partial charge is 0.324 e. The minimum Gasteiger partial charge on any atom is -0.324 e. The van der Waals surface area contributed by atoms with E-state index in [9.17, 15) is 18.0 Å². The van der Waals surface area contributed by atoms with Gasteiger partial charge in [0, 0.05) is 37.9 Å². The van der Waals surface area contributed by atoms with Gasteiger partial charge in [0.2, 0.25) is 0 Å². The summed E-state index contributed by atoms with van der Waals surface area (Å²) in [5, 5.41) is 2.56. The molecule has 3 aromatic rings. The highest BCUT2D eigenvalue weighted by Crippen LogP contribution is 2.31. The molecule has 0 unspecified atom stereocenters. The first kappa shape index (κ1) is 18.3. The zero-order valence-corrected chi connectivity index (χ0v) is 15.1. The number of nitrogens with zero attached hydrogens (tertiary/aromatic N) is 4. The van der Waals surface area contributed by atoms with Crippen molar-refractivity contribution in [3.63, 3.8) is 0 Å². The van der Waals surface area contributed by atoms with Gasteiger partial charge in [0.05, 0.1) is 5.56 Å². The number of carbonyl (C=O) groups is 1. The minimum atomic E-state index is -4.45. The third-order valence-electron chi connectivity index (χ3n) is 4.94. The van der Waals surface area contributed by atoms with Gasteiger partial charge in [0.15, 0.2) is 5.65 Å². The lowest BCUT2D eigenvalue weighted by atomic mass is 10.1. The summed E-state index contributed by atoms with van der Waals surface area (Å²) in [4.78, 5) is 23.1. The van der Waals surface area contributed by atoms with E-state index in [-0.39, 0.29) is 11.6 Å². The van der Waals surface area contributed by atoms with Crippen LogP contribution in [0.4, 0.5) is 23.7 Å². The number of urea groups is 1. The van der Waals surface area contributed by atoms with Crippen LogP contribution in [-0.4, -0.2) is 38.6 Å². The second kappa shape index (κ2) is 6.81. The number of aryl methyl sites for hydroxylation is 1. The van der Waals surface area contributed by atoms with E-state index in [1.807, 2.05) is 23.7 Å². The van der Waals surface area contributed by atoms with Crippen molar-refractivity contribution in [2.24, 2.45) is 7.05 Å². The Hall–Kier alpha value is -3.10. The molecule has 1 aliphatic rings. The van der Waals surface area contributed by atoms with E-state index >= 15 is 0 Å². The summed E-state index contributed by atoms with van der Waals surface area (Å²) in [7, 11) is 1.89. The Morgan fingerprint density at radius 3 is 2.82 bits per heavy atom. The van der Waals surface area contributed by atoms with Crippen molar-refractivity contribution in [1.29, 1.82) is 0 Å². The van der Waals surface area contributed by atoms with E-state index in [0.717, 1.165) is 35.5 Å². The van der Waals surface area contributed by atoms with Crippen LogP contribution in [0.1, 0.15) is 23.7 Å². The number of amides is 2. The largest absolute Gasteiger partial charge is 0.416 e. The van der Waals surface area contributed by atoms with E-state index < -0.39 is 17.8 Å². The summed E-state index contributed by atoms with van der Waals surface area (Å²) in [6.45, 7) is 0.952. The number of pyridine rings is 1. The first-order chi connectivity index (χ1) is 13.3.